The maximum absolute atomic E-state index is 13.8. The van der Waals surface area contributed by atoms with E-state index in [0.29, 0.717) is 22.6 Å². The number of methoxy groups -OCH3 is 2. The van der Waals surface area contributed by atoms with Gasteiger partial charge in [-0.2, -0.15) is 0 Å². The van der Waals surface area contributed by atoms with Crippen molar-refractivity contribution in [2.45, 2.75) is 12.5 Å². The van der Waals surface area contributed by atoms with Crippen molar-refractivity contribution < 1.29 is 19.0 Å². The van der Waals surface area contributed by atoms with Crippen molar-refractivity contribution in [3.8, 4) is 11.5 Å². The van der Waals surface area contributed by atoms with Crippen LogP contribution >= 0.6 is 15.9 Å². The van der Waals surface area contributed by atoms with Crippen molar-refractivity contribution in [3.63, 3.8) is 0 Å². The van der Waals surface area contributed by atoms with Gasteiger partial charge in [0.2, 0.25) is 0 Å². The first-order valence-electron chi connectivity index (χ1n) is 6.38. The summed E-state index contributed by atoms with van der Waals surface area (Å²) in [6.07, 6.45) is -0.681. The molecule has 0 aliphatic carbocycles. The van der Waals surface area contributed by atoms with Gasteiger partial charge in [0.1, 0.15) is 17.3 Å². The predicted molar refractivity (Wildman–Crippen MR) is 82.3 cm³/mol. The number of aliphatic hydroxyl groups excluding tert-OH is 1. The molecule has 0 bridgehead atoms. The maximum Gasteiger partial charge on any atom is 0.126 e. The molecule has 0 amide bonds. The number of aliphatic hydroxyl groups is 1. The molecule has 1 unspecified atom stereocenters. The van der Waals surface area contributed by atoms with E-state index < -0.39 is 6.10 Å². The van der Waals surface area contributed by atoms with Gasteiger partial charge >= 0.3 is 0 Å². The second-order valence-corrected chi connectivity index (χ2v) is 5.52. The lowest BCUT2D eigenvalue weighted by Crippen LogP contribution is -2.04. The zero-order valence-electron chi connectivity index (χ0n) is 11.8. The van der Waals surface area contributed by atoms with Gasteiger partial charge in [-0.05, 0) is 41.5 Å². The van der Waals surface area contributed by atoms with E-state index in [9.17, 15) is 9.50 Å². The Morgan fingerprint density at radius 1 is 1.10 bits per heavy atom. The highest BCUT2D eigenvalue weighted by molar-refractivity contribution is 9.10. The van der Waals surface area contributed by atoms with Crippen LogP contribution in [0.1, 0.15) is 17.2 Å². The average molecular weight is 355 g/mol. The second-order valence-electron chi connectivity index (χ2n) is 4.60. The first-order chi connectivity index (χ1) is 10.0. The van der Waals surface area contributed by atoms with E-state index in [1.54, 1.807) is 44.6 Å². The van der Waals surface area contributed by atoms with Crippen LogP contribution < -0.4 is 9.47 Å². The smallest absolute Gasteiger partial charge is 0.126 e. The molecule has 1 N–H and O–H groups in total. The fraction of sp³-hybridized carbons (Fsp3) is 0.250. The predicted octanol–water partition coefficient (Wildman–Crippen LogP) is 3.88. The van der Waals surface area contributed by atoms with Gasteiger partial charge in [0, 0.05) is 17.0 Å². The molecule has 2 aromatic rings. The third kappa shape index (κ3) is 3.95. The van der Waals surface area contributed by atoms with E-state index in [2.05, 4.69) is 15.9 Å². The Morgan fingerprint density at radius 2 is 1.71 bits per heavy atom. The molecule has 0 heterocycles. The van der Waals surface area contributed by atoms with Crippen LogP contribution in [-0.4, -0.2) is 19.3 Å². The second kappa shape index (κ2) is 6.91. The standard InChI is InChI=1S/C16H16BrFO3/c1-20-13-6-11(7-14(9-13)21-2)16(19)8-10-5-12(17)3-4-15(10)18/h3-7,9,16,19H,8H2,1-2H3. The number of rotatable bonds is 5. The summed E-state index contributed by atoms with van der Waals surface area (Å²) in [6, 6.07) is 9.80. The summed E-state index contributed by atoms with van der Waals surface area (Å²) in [5.41, 5.74) is 1.06. The Morgan fingerprint density at radius 3 is 2.29 bits per heavy atom. The Labute approximate surface area is 131 Å². The lowest BCUT2D eigenvalue weighted by atomic mass is 10.0. The minimum absolute atomic E-state index is 0.168. The van der Waals surface area contributed by atoms with Crippen LogP contribution in [0.25, 0.3) is 0 Å². The van der Waals surface area contributed by atoms with Crippen molar-refractivity contribution in [2.75, 3.05) is 14.2 Å². The molecule has 3 nitrogen and oxygen atoms in total. The SMILES string of the molecule is COc1cc(OC)cc(C(O)Cc2cc(Br)ccc2F)c1. The first-order valence-corrected chi connectivity index (χ1v) is 7.17. The van der Waals surface area contributed by atoms with Crippen LogP contribution in [0.5, 0.6) is 11.5 Å². The first kappa shape index (κ1) is 15.8. The molecule has 21 heavy (non-hydrogen) atoms. The zero-order valence-corrected chi connectivity index (χ0v) is 13.4. The lowest BCUT2D eigenvalue weighted by molar-refractivity contribution is 0.176. The maximum atomic E-state index is 13.8. The van der Waals surface area contributed by atoms with Crippen LogP contribution in [0.2, 0.25) is 0 Å². The summed E-state index contributed by atoms with van der Waals surface area (Å²) < 4.78 is 24.9. The molecule has 0 saturated heterocycles. The Hall–Kier alpha value is -1.59. The number of benzene rings is 2. The minimum atomic E-state index is -0.849. The molecular formula is C16H16BrFO3. The van der Waals surface area contributed by atoms with Gasteiger partial charge < -0.3 is 14.6 Å². The third-order valence-electron chi connectivity index (χ3n) is 3.18. The van der Waals surface area contributed by atoms with Gasteiger partial charge in [0.15, 0.2) is 0 Å². The van der Waals surface area contributed by atoms with Crippen LogP contribution in [-0.2, 0) is 6.42 Å². The molecule has 2 aromatic carbocycles. The quantitative estimate of drug-likeness (QED) is 0.885. The third-order valence-corrected chi connectivity index (χ3v) is 3.67. The number of hydrogen-bond donors (Lipinski definition) is 1. The van der Waals surface area contributed by atoms with Crippen molar-refractivity contribution in [1.82, 2.24) is 0 Å². The van der Waals surface area contributed by atoms with Gasteiger partial charge in [0.25, 0.3) is 0 Å². The lowest BCUT2D eigenvalue weighted by Gasteiger charge is -2.14. The van der Waals surface area contributed by atoms with Gasteiger partial charge in [-0.3, -0.25) is 0 Å². The average Bonchev–Trinajstić information content (AvgIpc) is 2.50. The van der Waals surface area contributed by atoms with Gasteiger partial charge in [-0.15, -0.1) is 0 Å². The summed E-state index contributed by atoms with van der Waals surface area (Å²) in [7, 11) is 3.08. The fourth-order valence-electron chi connectivity index (χ4n) is 2.05. The fourth-order valence-corrected chi connectivity index (χ4v) is 2.46. The minimum Gasteiger partial charge on any atom is -0.497 e. The van der Waals surface area contributed by atoms with Crippen molar-refractivity contribution in [1.29, 1.82) is 0 Å². The summed E-state index contributed by atoms with van der Waals surface area (Å²) in [4.78, 5) is 0. The Bertz CT molecular complexity index is 609. The monoisotopic (exact) mass is 354 g/mol. The molecule has 1 atom stereocenters. The number of halogens is 2. The van der Waals surface area contributed by atoms with E-state index >= 15 is 0 Å². The summed E-state index contributed by atoms with van der Waals surface area (Å²) in [5.74, 6) is 0.823. The molecule has 0 radical (unpaired) electrons. The highest BCUT2D eigenvalue weighted by atomic mass is 79.9. The molecule has 0 aliphatic rings. The van der Waals surface area contributed by atoms with Gasteiger partial charge in [0.05, 0.1) is 20.3 Å². The van der Waals surface area contributed by atoms with Crippen LogP contribution in [0, 0.1) is 5.82 Å². The summed E-state index contributed by atoms with van der Waals surface area (Å²) in [6.45, 7) is 0. The molecule has 2 rings (SSSR count). The van der Waals surface area contributed by atoms with E-state index in [1.807, 2.05) is 0 Å². The zero-order chi connectivity index (χ0) is 15.4. The molecule has 112 valence electrons. The highest BCUT2D eigenvalue weighted by Gasteiger charge is 2.14. The number of hydrogen-bond acceptors (Lipinski definition) is 3. The van der Waals surface area contributed by atoms with Crippen LogP contribution in [0.3, 0.4) is 0 Å². The van der Waals surface area contributed by atoms with E-state index in [-0.39, 0.29) is 12.2 Å². The molecule has 0 saturated carbocycles. The summed E-state index contributed by atoms with van der Waals surface area (Å²) >= 11 is 3.30. The topological polar surface area (TPSA) is 38.7 Å². The van der Waals surface area contributed by atoms with Crippen LogP contribution in [0.15, 0.2) is 40.9 Å². The summed E-state index contributed by atoms with van der Waals surface area (Å²) in [5, 5.41) is 10.3. The van der Waals surface area contributed by atoms with E-state index in [4.69, 9.17) is 9.47 Å². The van der Waals surface area contributed by atoms with E-state index in [0.717, 1.165) is 4.47 Å². The van der Waals surface area contributed by atoms with Crippen molar-refractivity contribution in [2.24, 2.45) is 0 Å². The van der Waals surface area contributed by atoms with Crippen molar-refractivity contribution >= 4 is 15.9 Å². The van der Waals surface area contributed by atoms with Crippen LogP contribution in [0.4, 0.5) is 4.39 Å². The molecule has 0 fully saturated rings. The Balaban J connectivity index is 2.27. The molecule has 0 aromatic heterocycles. The highest BCUT2D eigenvalue weighted by Crippen LogP contribution is 2.29. The molecule has 5 heteroatoms. The Kier molecular flexibility index (Phi) is 5.20. The van der Waals surface area contributed by atoms with Gasteiger partial charge in [-0.25, -0.2) is 4.39 Å². The molecule has 0 spiro atoms. The van der Waals surface area contributed by atoms with Gasteiger partial charge in [-0.1, -0.05) is 15.9 Å². The van der Waals surface area contributed by atoms with Crippen molar-refractivity contribution in [3.05, 3.63) is 57.8 Å². The normalized spacial score (nSPS) is 12.0. The number of ether oxygens (including phenoxy) is 2. The van der Waals surface area contributed by atoms with E-state index in [1.165, 1.54) is 6.07 Å². The largest absolute Gasteiger partial charge is 0.497 e. The molecular weight excluding hydrogens is 339 g/mol. The molecule has 0 aliphatic heterocycles.